The fourth-order valence-corrected chi connectivity index (χ4v) is 5.39. The number of pyridine rings is 1. The van der Waals surface area contributed by atoms with Crippen LogP contribution in [0, 0.1) is 13.8 Å². The normalized spacial score (nSPS) is 13.6. The van der Waals surface area contributed by atoms with Crippen molar-refractivity contribution in [2.45, 2.75) is 32.9 Å². The molecule has 186 valence electrons. The molecule has 0 fully saturated rings. The van der Waals surface area contributed by atoms with Crippen molar-refractivity contribution in [1.82, 2.24) is 25.2 Å². The molecule has 37 heavy (non-hydrogen) atoms. The van der Waals surface area contributed by atoms with Gasteiger partial charge in [0.2, 0.25) is 0 Å². The highest BCUT2D eigenvalue weighted by Gasteiger charge is 2.34. The van der Waals surface area contributed by atoms with E-state index in [-0.39, 0.29) is 5.56 Å². The lowest BCUT2D eigenvalue weighted by Gasteiger charge is -2.29. The first kappa shape index (κ1) is 23.0. The van der Waals surface area contributed by atoms with Gasteiger partial charge < -0.3 is 14.6 Å². The average molecular weight is 493 g/mol. The molecule has 8 heteroatoms. The lowest BCUT2D eigenvalue weighted by atomic mass is 10.00. The quantitative estimate of drug-likeness (QED) is 0.379. The Balaban J connectivity index is 1.51. The van der Waals surface area contributed by atoms with Crippen molar-refractivity contribution >= 4 is 16.6 Å². The fraction of sp³-hybridized carbons (Fsp3) is 0.241. The van der Waals surface area contributed by atoms with Gasteiger partial charge in [-0.2, -0.15) is 0 Å². The molecule has 8 nitrogen and oxygen atoms in total. The Labute approximate surface area is 214 Å². The molecule has 2 aromatic heterocycles. The molecule has 5 aromatic rings. The van der Waals surface area contributed by atoms with Crippen molar-refractivity contribution in [2.24, 2.45) is 0 Å². The summed E-state index contributed by atoms with van der Waals surface area (Å²) in [5.41, 5.74) is 6.95. The van der Waals surface area contributed by atoms with Crippen molar-refractivity contribution in [2.75, 3.05) is 18.6 Å². The maximum atomic E-state index is 13.6. The minimum Gasteiger partial charge on any atom is -0.497 e. The van der Waals surface area contributed by atoms with E-state index in [1.54, 1.807) is 11.8 Å². The third-order valence-electron chi connectivity index (χ3n) is 7.17. The first-order valence-corrected chi connectivity index (χ1v) is 12.4. The topological polar surface area (TPSA) is 88.9 Å². The number of hydrogen-bond donors (Lipinski definition) is 1. The van der Waals surface area contributed by atoms with Crippen LogP contribution in [0.1, 0.15) is 39.7 Å². The van der Waals surface area contributed by atoms with Crippen LogP contribution in [0.4, 0.5) is 5.69 Å². The van der Waals surface area contributed by atoms with Gasteiger partial charge in [0.25, 0.3) is 5.56 Å². The summed E-state index contributed by atoms with van der Waals surface area (Å²) in [5.74, 6) is 1.42. The summed E-state index contributed by atoms with van der Waals surface area (Å²) in [7, 11) is 1.65. The molecule has 1 aliphatic heterocycles. The predicted molar refractivity (Wildman–Crippen MR) is 143 cm³/mol. The molecule has 0 amide bonds. The molecular formula is C29H28N6O2. The Hall–Kier alpha value is -4.46. The summed E-state index contributed by atoms with van der Waals surface area (Å²) in [5, 5.41) is 13.9. The Morgan fingerprint density at radius 3 is 2.68 bits per heavy atom. The second-order valence-corrected chi connectivity index (χ2v) is 9.61. The maximum Gasteiger partial charge on any atom is 0.254 e. The standard InChI is InChI=1S/C29H28N6O2/c1-18-14-19(2)23-16-24(29(36)30-25(23)15-18)27(34-13-12-21-6-4-5-7-26(21)34)28-31-32-33-35(28)17-20-8-10-22(37-3)11-9-20/h4-11,14-16,27H,12-13,17H2,1-3H3,(H,30,36)/t27-/m0/s1. The number of tetrazole rings is 1. The number of aryl methyl sites for hydroxylation is 2. The van der Waals surface area contributed by atoms with Gasteiger partial charge in [-0.3, -0.25) is 4.79 Å². The average Bonchev–Trinajstić information content (AvgIpc) is 3.53. The lowest BCUT2D eigenvalue weighted by molar-refractivity contribution is 0.414. The summed E-state index contributed by atoms with van der Waals surface area (Å²) in [6.07, 6.45) is 0.899. The van der Waals surface area contributed by atoms with Crippen LogP contribution in [0.25, 0.3) is 10.9 Å². The Kier molecular flexibility index (Phi) is 5.71. The van der Waals surface area contributed by atoms with Gasteiger partial charge in [0.05, 0.1) is 13.7 Å². The van der Waals surface area contributed by atoms with Crippen LogP contribution in [0.5, 0.6) is 5.75 Å². The molecule has 1 atom stereocenters. The summed E-state index contributed by atoms with van der Waals surface area (Å²) in [6, 6.07) is 21.9. The van der Waals surface area contributed by atoms with E-state index in [0.29, 0.717) is 17.9 Å². The highest BCUT2D eigenvalue weighted by atomic mass is 16.5. The van der Waals surface area contributed by atoms with Crippen LogP contribution < -0.4 is 15.2 Å². The summed E-state index contributed by atoms with van der Waals surface area (Å²) < 4.78 is 7.09. The van der Waals surface area contributed by atoms with Crippen LogP contribution in [-0.4, -0.2) is 38.8 Å². The minimum absolute atomic E-state index is 0.133. The molecule has 6 rings (SSSR count). The number of rotatable bonds is 6. The molecule has 0 unspecified atom stereocenters. The molecule has 0 bridgehead atoms. The third-order valence-corrected chi connectivity index (χ3v) is 7.17. The zero-order valence-electron chi connectivity index (χ0n) is 21.1. The number of ether oxygens (including phenoxy) is 1. The smallest absolute Gasteiger partial charge is 0.254 e. The second-order valence-electron chi connectivity index (χ2n) is 9.61. The Morgan fingerprint density at radius 2 is 1.86 bits per heavy atom. The van der Waals surface area contributed by atoms with Crippen LogP contribution in [-0.2, 0) is 13.0 Å². The van der Waals surface area contributed by atoms with Gasteiger partial charge in [-0.15, -0.1) is 5.10 Å². The van der Waals surface area contributed by atoms with Crippen molar-refractivity contribution in [3.63, 3.8) is 0 Å². The number of fused-ring (bicyclic) bond motifs is 2. The number of methoxy groups -OCH3 is 1. The van der Waals surface area contributed by atoms with E-state index in [0.717, 1.165) is 52.0 Å². The maximum absolute atomic E-state index is 13.6. The molecule has 0 saturated carbocycles. The van der Waals surface area contributed by atoms with E-state index in [9.17, 15) is 4.79 Å². The van der Waals surface area contributed by atoms with Gasteiger partial charge in [0.1, 0.15) is 11.8 Å². The van der Waals surface area contributed by atoms with Gasteiger partial charge >= 0.3 is 0 Å². The van der Waals surface area contributed by atoms with E-state index in [1.807, 2.05) is 49.4 Å². The van der Waals surface area contributed by atoms with Crippen molar-refractivity contribution in [3.8, 4) is 5.75 Å². The van der Waals surface area contributed by atoms with Gasteiger partial charge in [0.15, 0.2) is 5.82 Å². The summed E-state index contributed by atoms with van der Waals surface area (Å²) >= 11 is 0. The van der Waals surface area contributed by atoms with Crippen LogP contribution >= 0.6 is 0 Å². The zero-order valence-corrected chi connectivity index (χ0v) is 21.1. The van der Waals surface area contributed by atoms with Gasteiger partial charge in [-0.1, -0.05) is 36.4 Å². The molecule has 1 aliphatic rings. The van der Waals surface area contributed by atoms with Gasteiger partial charge in [-0.05, 0) is 83.3 Å². The number of hydrogen-bond acceptors (Lipinski definition) is 6. The highest BCUT2D eigenvalue weighted by molar-refractivity contribution is 5.83. The van der Waals surface area contributed by atoms with E-state index in [2.05, 4.69) is 56.6 Å². The van der Waals surface area contributed by atoms with E-state index >= 15 is 0 Å². The zero-order chi connectivity index (χ0) is 25.5. The highest BCUT2D eigenvalue weighted by Crippen LogP contribution is 2.37. The van der Waals surface area contributed by atoms with Crippen LogP contribution in [0.15, 0.2) is 71.5 Å². The van der Waals surface area contributed by atoms with Crippen molar-refractivity contribution in [1.29, 1.82) is 0 Å². The van der Waals surface area contributed by atoms with Crippen molar-refractivity contribution < 1.29 is 4.74 Å². The van der Waals surface area contributed by atoms with E-state index in [4.69, 9.17) is 4.74 Å². The molecule has 0 aliphatic carbocycles. The summed E-state index contributed by atoms with van der Waals surface area (Å²) in [4.78, 5) is 19.0. The number of aromatic amines is 1. The number of nitrogens with one attached hydrogen (secondary N) is 1. The molecule has 1 N–H and O–H groups in total. The van der Waals surface area contributed by atoms with Gasteiger partial charge in [0, 0.05) is 28.7 Å². The Bertz CT molecular complexity index is 1650. The number of H-pyrrole nitrogens is 1. The Morgan fingerprint density at radius 1 is 1.05 bits per heavy atom. The molecular weight excluding hydrogens is 464 g/mol. The number of aromatic nitrogens is 5. The minimum atomic E-state index is -0.453. The van der Waals surface area contributed by atoms with E-state index < -0.39 is 6.04 Å². The molecule has 3 aromatic carbocycles. The van der Waals surface area contributed by atoms with Crippen molar-refractivity contribution in [3.05, 3.63) is 111 Å². The third kappa shape index (κ3) is 4.14. The fourth-order valence-electron chi connectivity index (χ4n) is 5.39. The summed E-state index contributed by atoms with van der Waals surface area (Å²) in [6.45, 7) is 5.35. The SMILES string of the molecule is COc1ccc(Cn2nnnc2[C@H](c2cc3c(C)cc(C)cc3[nH]c2=O)N2CCc3ccccc32)cc1. The number of anilines is 1. The molecule has 0 radical (unpaired) electrons. The van der Waals surface area contributed by atoms with E-state index in [1.165, 1.54) is 5.56 Å². The number of nitrogens with zero attached hydrogens (tertiary/aromatic N) is 5. The first-order chi connectivity index (χ1) is 18.0. The molecule has 0 spiro atoms. The predicted octanol–water partition coefficient (Wildman–Crippen LogP) is 4.34. The van der Waals surface area contributed by atoms with Crippen LogP contribution in [0.2, 0.25) is 0 Å². The van der Waals surface area contributed by atoms with Crippen LogP contribution in [0.3, 0.4) is 0 Å². The number of para-hydroxylation sites is 1. The molecule has 0 saturated heterocycles. The monoisotopic (exact) mass is 492 g/mol. The molecule has 3 heterocycles. The lowest BCUT2D eigenvalue weighted by Crippen LogP contribution is -2.34. The largest absolute Gasteiger partial charge is 0.497 e. The number of benzene rings is 3. The first-order valence-electron chi connectivity index (χ1n) is 12.4. The second kappa shape index (κ2) is 9.20. The van der Waals surface area contributed by atoms with Gasteiger partial charge in [-0.25, -0.2) is 4.68 Å².